The molecule has 2 unspecified atom stereocenters. The Bertz CT molecular complexity index is 1150. The number of esters is 1. The van der Waals surface area contributed by atoms with Crippen LogP contribution in [0.5, 0.6) is 0 Å². The van der Waals surface area contributed by atoms with Gasteiger partial charge in [0.05, 0.1) is 34.4 Å². The Balaban J connectivity index is 4.34. The first-order valence-corrected chi connectivity index (χ1v) is 22.8. The molecular formula is C46H80NO7P. The average molecular weight is 790 g/mol. The minimum Gasteiger partial charge on any atom is -0.756 e. The number of likely N-dealkylation sites (N-methyl/N-ethyl adjacent to an activating group) is 1. The minimum atomic E-state index is -4.54. The molecule has 0 saturated carbocycles. The molecule has 0 amide bonds. The summed E-state index contributed by atoms with van der Waals surface area (Å²) in [5.74, 6) is -0.381. The Labute approximate surface area is 337 Å². The second-order valence-electron chi connectivity index (χ2n) is 14.9. The number of phosphoric acid groups is 1. The largest absolute Gasteiger partial charge is 0.756 e. The summed E-state index contributed by atoms with van der Waals surface area (Å²) in [5.41, 5.74) is 0. The Morgan fingerprint density at radius 2 is 1.00 bits per heavy atom. The van der Waals surface area contributed by atoms with E-state index in [1.165, 1.54) is 32.1 Å². The molecule has 0 N–H and O–H groups in total. The van der Waals surface area contributed by atoms with Gasteiger partial charge in [-0.3, -0.25) is 9.36 Å². The quantitative estimate of drug-likeness (QED) is 0.0202. The number of carbonyl (C=O) groups excluding carboxylic acids is 1. The highest BCUT2D eigenvalue weighted by Crippen LogP contribution is 2.38. The van der Waals surface area contributed by atoms with Crippen LogP contribution in [0.2, 0.25) is 0 Å². The summed E-state index contributed by atoms with van der Waals surface area (Å²) in [6.07, 6.45) is 50.3. The van der Waals surface area contributed by atoms with E-state index in [1.807, 2.05) is 21.1 Å². The third-order valence-electron chi connectivity index (χ3n) is 8.44. The summed E-state index contributed by atoms with van der Waals surface area (Å²) < 4.78 is 34.5. The lowest BCUT2D eigenvalue weighted by Gasteiger charge is -2.28. The first kappa shape index (κ1) is 52.7. The van der Waals surface area contributed by atoms with Crippen molar-refractivity contribution in [3.8, 4) is 0 Å². The van der Waals surface area contributed by atoms with E-state index in [2.05, 4.69) is 98.9 Å². The molecule has 8 nitrogen and oxygen atoms in total. The Morgan fingerprint density at radius 1 is 0.564 bits per heavy atom. The molecule has 316 valence electrons. The SMILES string of the molecule is CC/C=C\C/C=C\C/C=C\C/C=C\CCCCC(=O)OC(COCCCCCCCCCC/C=C\C/C=C\C/C=C\CC)COP(=O)([O-])OCC[N+](C)(C)C. The molecule has 0 spiro atoms. The van der Waals surface area contributed by atoms with Crippen molar-refractivity contribution in [1.29, 1.82) is 0 Å². The maximum Gasteiger partial charge on any atom is 0.306 e. The number of nitrogens with zero attached hydrogens (tertiary/aromatic N) is 1. The number of rotatable bonds is 38. The van der Waals surface area contributed by atoms with E-state index in [1.54, 1.807) is 0 Å². The zero-order valence-corrected chi connectivity index (χ0v) is 36.5. The number of carbonyl (C=O) groups is 1. The molecule has 0 fully saturated rings. The average Bonchev–Trinajstić information content (AvgIpc) is 3.13. The fraction of sp³-hybridized carbons (Fsp3) is 0.674. The number of hydrogen-bond acceptors (Lipinski definition) is 7. The standard InChI is InChI=1S/C46H80NO7P/c1-6-8-10-12-14-16-18-20-22-23-24-26-28-30-32-34-36-38-41-51-43-45(44-53-55(49,50)52-42-40-47(3,4)5)54-46(48)39-37-35-33-31-29-27-25-21-19-17-15-13-11-9-7-2/h8-11,14-17,20-22,25,29,31,45H,6-7,12-13,18-19,23-24,26-28,30,32-44H2,1-5H3/b10-8-,11-9-,16-14-,17-15-,22-20-,25-21-,31-29-. The summed E-state index contributed by atoms with van der Waals surface area (Å²) in [6, 6.07) is 0. The van der Waals surface area contributed by atoms with Crippen molar-refractivity contribution < 1.29 is 37.3 Å². The third-order valence-corrected chi connectivity index (χ3v) is 9.41. The molecule has 0 bridgehead atoms. The van der Waals surface area contributed by atoms with Crippen LogP contribution in [0.4, 0.5) is 0 Å². The van der Waals surface area contributed by atoms with Crippen LogP contribution in [0.15, 0.2) is 85.1 Å². The first-order chi connectivity index (χ1) is 26.6. The molecule has 0 rings (SSSR count). The van der Waals surface area contributed by atoms with Gasteiger partial charge in [0, 0.05) is 13.0 Å². The number of quaternary nitrogens is 1. The highest BCUT2D eigenvalue weighted by Gasteiger charge is 2.20. The van der Waals surface area contributed by atoms with Crippen LogP contribution in [0.1, 0.15) is 142 Å². The van der Waals surface area contributed by atoms with Gasteiger partial charge in [0.1, 0.15) is 19.3 Å². The molecule has 0 aromatic rings. The second kappa shape index (κ2) is 38.5. The van der Waals surface area contributed by atoms with Gasteiger partial charge in [0.2, 0.25) is 0 Å². The summed E-state index contributed by atoms with van der Waals surface area (Å²) >= 11 is 0. The van der Waals surface area contributed by atoms with Gasteiger partial charge in [-0.2, -0.15) is 0 Å². The normalized spacial score (nSPS) is 14.7. The lowest BCUT2D eigenvalue weighted by atomic mass is 10.1. The Kier molecular flexibility index (Phi) is 36.9. The van der Waals surface area contributed by atoms with E-state index in [4.69, 9.17) is 18.5 Å². The lowest BCUT2D eigenvalue weighted by Crippen LogP contribution is -2.37. The van der Waals surface area contributed by atoms with Crippen molar-refractivity contribution in [3.05, 3.63) is 85.1 Å². The minimum absolute atomic E-state index is 0.0116. The molecule has 55 heavy (non-hydrogen) atoms. The summed E-state index contributed by atoms with van der Waals surface area (Å²) in [7, 11) is 1.31. The van der Waals surface area contributed by atoms with Crippen molar-refractivity contribution in [3.63, 3.8) is 0 Å². The number of unbranched alkanes of at least 4 members (excludes halogenated alkanes) is 10. The van der Waals surface area contributed by atoms with Crippen LogP contribution in [0.25, 0.3) is 0 Å². The zero-order chi connectivity index (χ0) is 40.6. The molecular weight excluding hydrogens is 709 g/mol. The molecule has 9 heteroatoms. The zero-order valence-electron chi connectivity index (χ0n) is 35.6. The molecule has 0 aliphatic rings. The number of allylic oxidation sites excluding steroid dienone is 14. The van der Waals surface area contributed by atoms with Crippen molar-refractivity contribution >= 4 is 13.8 Å². The smallest absolute Gasteiger partial charge is 0.306 e. The fourth-order valence-corrected chi connectivity index (χ4v) is 5.93. The maximum absolute atomic E-state index is 12.6. The molecule has 0 radical (unpaired) electrons. The van der Waals surface area contributed by atoms with E-state index in [0.717, 1.165) is 83.5 Å². The van der Waals surface area contributed by atoms with Gasteiger partial charge in [-0.25, -0.2) is 0 Å². The van der Waals surface area contributed by atoms with E-state index >= 15 is 0 Å². The van der Waals surface area contributed by atoms with Crippen LogP contribution in [0.3, 0.4) is 0 Å². The maximum atomic E-state index is 12.6. The molecule has 0 aliphatic carbocycles. The molecule has 0 saturated heterocycles. The summed E-state index contributed by atoms with van der Waals surface area (Å²) in [6.45, 7) is 5.08. The Morgan fingerprint density at radius 3 is 1.49 bits per heavy atom. The highest BCUT2D eigenvalue weighted by atomic mass is 31.2. The lowest BCUT2D eigenvalue weighted by molar-refractivity contribution is -0.870. The molecule has 0 aromatic carbocycles. The van der Waals surface area contributed by atoms with Gasteiger partial charge in [-0.05, 0) is 83.5 Å². The van der Waals surface area contributed by atoms with Crippen LogP contribution in [0, 0.1) is 0 Å². The second-order valence-corrected chi connectivity index (χ2v) is 16.3. The summed E-state index contributed by atoms with van der Waals surface area (Å²) in [5, 5.41) is 0. The number of hydrogen-bond donors (Lipinski definition) is 0. The van der Waals surface area contributed by atoms with Crippen molar-refractivity contribution in [2.45, 2.75) is 148 Å². The third kappa shape index (κ3) is 42.7. The molecule has 0 heterocycles. The van der Waals surface area contributed by atoms with Crippen LogP contribution >= 0.6 is 7.82 Å². The predicted molar refractivity (Wildman–Crippen MR) is 231 cm³/mol. The molecule has 0 aliphatic heterocycles. The highest BCUT2D eigenvalue weighted by molar-refractivity contribution is 7.45. The van der Waals surface area contributed by atoms with Crippen molar-refractivity contribution in [1.82, 2.24) is 0 Å². The van der Waals surface area contributed by atoms with Gasteiger partial charge < -0.3 is 27.9 Å². The predicted octanol–water partition coefficient (Wildman–Crippen LogP) is 11.9. The Hall–Kier alpha value is -2.32. The van der Waals surface area contributed by atoms with Crippen molar-refractivity contribution in [2.24, 2.45) is 0 Å². The number of ether oxygens (including phenoxy) is 2. The van der Waals surface area contributed by atoms with E-state index in [0.29, 0.717) is 24.1 Å². The molecule has 0 aromatic heterocycles. The van der Waals surface area contributed by atoms with Gasteiger partial charge in [0.15, 0.2) is 0 Å². The molecule has 2 atom stereocenters. The van der Waals surface area contributed by atoms with Gasteiger partial charge in [0.25, 0.3) is 7.82 Å². The first-order valence-electron chi connectivity index (χ1n) is 21.3. The van der Waals surface area contributed by atoms with E-state index < -0.39 is 13.9 Å². The number of phosphoric ester groups is 1. The van der Waals surface area contributed by atoms with Gasteiger partial charge in [-0.15, -0.1) is 0 Å². The summed E-state index contributed by atoms with van der Waals surface area (Å²) in [4.78, 5) is 25.0. The van der Waals surface area contributed by atoms with Crippen molar-refractivity contribution in [2.75, 3.05) is 54.1 Å². The van der Waals surface area contributed by atoms with E-state index in [9.17, 15) is 14.3 Å². The van der Waals surface area contributed by atoms with Crippen LogP contribution in [-0.4, -0.2) is 70.7 Å². The topological polar surface area (TPSA) is 94.1 Å². The van der Waals surface area contributed by atoms with E-state index in [-0.39, 0.29) is 32.2 Å². The van der Waals surface area contributed by atoms with Crippen LogP contribution < -0.4 is 4.89 Å². The van der Waals surface area contributed by atoms with Gasteiger partial charge in [-0.1, -0.05) is 137 Å². The monoisotopic (exact) mass is 790 g/mol. The van der Waals surface area contributed by atoms with Crippen LogP contribution in [-0.2, 0) is 27.9 Å². The van der Waals surface area contributed by atoms with Gasteiger partial charge >= 0.3 is 5.97 Å². The fourth-order valence-electron chi connectivity index (χ4n) is 5.20.